The molecule has 29 heavy (non-hydrogen) atoms. The second-order valence-electron chi connectivity index (χ2n) is 6.86. The van der Waals surface area contributed by atoms with Crippen LogP contribution >= 0.6 is 29.8 Å². The van der Waals surface area contributed by atoms with E-state index < -0.39 is 0 Å². The largest absolute Gasteiger partial charge is 0.0622 e. The first-order valence-corrected chi connectivity index (χ1v) is 17.6. The van der Waals surface area contributed by atoms with E-state index in [1.165, 1.54) is 5.90 Å². The minimum absolute atomic E-state index is 0.183. The Balaban J connectivity index is 1.69. The minimum atomic E-state index is -0.224. The van der Waals surface area contributed by atoms with Crippen LogP contribution in [0.25, 0.3) is 0 Å². The summed E-state index contributed by atoms with van der Waals surface area (Å²) >= 11 is 0. The maximum Gasteiger partial charge on any atom is 0.00500 e. The molecule has 0 aliphatic carbocycles. The SMILES string of the molecule is c1ccc([P@@]2[P@](c3ccccc3)[P@](c3ccccc3)C[P@]2c2ccccc2)cc1. The number of hydrogen-bond donors (Lipinski definition) is 0. The van der Waals surface area contributed by atoms with Crippen LogP contribution in [-0.4, -0.2) is 5.90 Å². The minimum Gasteiger partial charge on any atom is -0.0622 e. The predicted octanol–water partition coefficient (Wildman–Crippen LogP) is 6.93. The summed E-state index contributed by atoms with van der Waals surface area (Å²) in [6, 6.07) is 45.6. The van der Waals surface area contributed by atoms with E-state index in [0.29, 0.717) is 0 Å². The molecule has 1 fully saturated rings. The van der Waals surface area contributed by atoms with Crippen molar-refractivity contribution in [3.8, 4) is 0 Å². The third kappa shape index (κ3) is 4.11. The van der Waals surface area contributed by atoms with Gasteiger partial charge < -0.3 is 0 Å². The van der Waals surface area contributed by atoms with E-state index in [9.17, 15) is 0 Å². The lowest BCUT2D eigenvalue weighted by atomic mass is 10.4. The number of hydrogen-bond acceptors (Lipinski definition) is 0. The summed E-state index contributed by atoms with van der Waals surface area (Å²) in [6.45, 7) is 0. The van der Waals surface area contributed by atoms with E-state index in [2.05, 4.69) is 121 Å². The molecule has 0 amide bonds. The van der Waals surface area contributed by atoms with Crippen molar-refractivity contribution in [2.24, 2.45) is 0 Å². The Morgan fingerprint density at radius 1 is 0.345 bits per heavy atom. The molecule has 1 aliphatic heterocycles. The van der Waals surface area contributed by atoms with E-state index in [4.69, 9.17) is 0 Å². The van der Waals surface area contributed by atoms with Crippen LogP contribution < -0.4 is 21.2 Å². The van der Waals surface area contributed by atoms with Crippen molar-refractivity contribution >= 4 is 51.0 Å². The van der Waals surface area contributed by atoms with Crippen LogP contribution in [0.3, 0.4) is 0 Å². The molecule has 0 saturated carbocycles. The van der Waals surface area contributed by atoms with Crippen molar-refractivity contribution in [2.75, 3.05) is 5.90 Å². The molecule has 142 valence electrons. The molecule has 0 aromatic heterocycles. The van der Waals surface area contributed by atoms with Gasteiger partial charge >= 0.3 is 0 Å². The van der Waals surface area contributed by atoms with Crippen molar-refractivity contribution in [1.82, 2.24) is 0 Å². The molecule has 5 rings (SSSR count). The molecule has 0 unspecified atom stereocenters. The molecule has 1 saturated heterocycles. The second-order valence-corrected chi connectivity index (χ2v) is 22.4. The van der Waals surface area contributed by atoms with Crippen molar-refractivity contribution in [1.29, 1.82) is 0 Å². The Morgan fingerprint density at radius 3 is 0.931 bits per heavy atom. The van der Waals surface area contributed by atoms with Gasteiger partial charge in [0.25, 0.3) is 0 Å². The smallest absolute Gasteiger partial charge is 0.00500 e. The zero-order valence-corrected chi connectivity index (χ0v) is 19.6. The summed E-state index contributed by atoms with van der Waals surface area (Å²) in [7, 11) is -0.815. The lowest BCUT2D eigenvalue weighted by Gasteiger charge is -2.28. The Bertz CT molecular complexity index is 952. The second kappa shape index (κ2) is 9.17. The average molecular weight is 446 g/mol. The zero-order chi connectivity index (χ0) is 19.5. The van der Waals surface area contributed by atoms with Crippen LogP contribution in [-0.2, 0) is 0 Å². The van der Waals surface area contributed by atoms with E-state index in [1.54, 1.807) is 21.2 Å². The van der Waals surface area contributed by atoms with Crippen molar-refractivity contribution in [3.63, 3.8) is 0 Å². The Morgan fingerprint density at radius 2 is 0.621 bits per heavy atom. The van der Waals surface area contributed by atoms with Gasteiger partial charge in [-0.25, -0.2) is 0 Å². The van der Waals surface area contributed by atoms with Gasteiger partial charge in [0.05, 0.1) is 0 Å². The first-order chi connectivity index (χ1) is 14.4. The lowest BCUT2D eigenvalue weighted by Crippen LogP contribution is -2.05. The monoisotopic (exact) mass is 446 g/mol. The molecule has 0 N–H and O–H groups in total. The fourth-order valence-electron chi connectivity index (χ4n) is 3.65. The molecule has 4 aromatic rings. The van der Waals surface area contributed by atoms with Gasteiger partial charge in [0.2, 0.25) is 0 Å². The molecule has 0 bridgehead atoms. The van der Waals surface area contributed by atoms with Gasteiger partial charge in [0.1, 0.15) is 0 Å². The van der Waals surface area contributed by atoms with Crippen LogP contribution in [0.5, 0.6) is 0 Å². The third-order valence-electron chi connectivity index (χ3n) is 4.99. The molecule has 0 radical (unpaired) electrons. The van der Waals surface area contributed by atoms with Crippen molar-refractivity contribution in [3.05, 3.63) is 121 Å². The molecular formula is C25H22P4. The average Bonchev–Trinajstić information content (AvgIpc) is 3.22. The lowest BCUT2D eigenvalue weighted by molar-refractivity contribution is 1.76. The summed E-state index contributed by atoms with van der Waals surface area (Å²) < 4.78 is 0. The van der Waals surface area contributed by atoms with E-state index >= 15 is 0 Å². The number of rotatable bonds is 4. The van der Waals surface area contributed by atoms with Crippen LogP contribution in [0.15, 0.2) is 121 Å². The van der Waals surface area contributed by atoms with Gasteiger partial charge in [-0.05, 0) is 51.0 Å². The summed E-state index contributed by atoms with van der Waals surface area (Å²) in [5.74, 6) is 1.36. The van der Waals surface area contributed by atoms with Crippen LogP contribution in [0.1, 0.15) is 0 Å². The summed E-state index contributed by atoms with van der Waals surface area (Å²) in [5.41, 5.74) is 0. The van der Waals surface area contributed by atoms with Crippen LogP contribution in [0.2, 0.25) is 0 Å². The van der Waals surface area contributed by atoms with E-state index in [1.807, 2.05) is 0 Å². The van der Waals surface area contributed by atoms with Gasteiger partial charge in [-0.1, -0.05) is 121 Å². The first kappa shape index (κ1) is 19.6. The Hall–Kier alpha value is -1.40. The van der Waals surface area contributed by atoms with Crippen molar-refractivity contribution < 1.29 is 0 Å². The summed E-state index contributed by atoms with van der Waals surface area (Å²) in [4.78, 5) is 0. The highest BCUT2D eigenvalue weighted by atomic mass is 32.7. The van der Waals surface area contributed by atoms with Crippen molar-refractivity contribution in [2.45, 2.75) is 0 Å². The highest BCUT2D eigenvalue weighted by Crippen LogP contribution is 3.02. The van der Waals surface area contributed by atoms with Gasteiger partial charge in [-0.2, -0.15) is 0 Å². The molecule has 0 spiro atoms. The normalized spacial score (nSPS) is 23.7. The third-order valence-corrected chi connectivity index (χ3v) is 30.3. The van der Waals surface area contributed by atoms with E-state index in [0.717, 1.165) is 0 Å². The first-order valence-electron chi connectivity index (χ1n) is 9.77. The highest BCUT2D eigenvalue weighted by molar-refractivity contribution is 8.86. The molecule has 4 heteroatoms. The van der Waals surface area contributed by atoms with Gasteiger partial charge in [-0.15, -0.1) is 0 Å². The maximum atomic E-state index is 2.39. The Kier molecular flexibility index (Phi) is 6.18. The van der Waals surface area contributed by atoms with E-state index in [-0.39, 0.29) is 29.8 Å². The summed E-state index contributed by atoms with van der Waals surface area (Å²) in [6.07, 6.45) is 0. The standard InChI is InChI=1S/C25H22P4/c1-5-13-22(14-6-1)26-21-27(23-15-7-2-8-16-23)29(25-19-11-4-12-20-25)28(26)24-17-9-3-10-18-24/h1-20H,21H2/t26-,27+,28-,29-/m1/s1. The quantitative estimate of drug-likeness (QED) is 0.298. The predicted molar refractivity (Wildman–Crippen MR) is 137 cm³/mol. The molecule has 1 heterocycles. The molecule has 1 aliphatic rings. The topological polar surface area (TPSA) is 0 Å². The van der Waals surface area contributed by atoms with Crippen LogP contribution in [0.4, 0.5) is 0 Å². The number of benzene rings is 4. The van der Waals surface area contributed by atoms with Gasteiger partial charge in [0.15, 0.2) is 0 Å². The zero-order valence-electron chi connectivity index (χ0n) is 16.0. The fourth-order valence-corrected chi connectivity index (χ4v) is 39.6. The van der Waals surface area contributed by atoms with Crippen LogP contribution in [0, 0.1) is 0 Å². The molecule has 4 aromatic carbocycles. The highest BCUT2D eigenvalue weighted by Gasteiger charge is 2.45. The van der Waals surface area contributed by atoms with Gasteiger partial charge in [0, 0.05) is 5.90 Å². The molecule has 4 atom stereocenters. The fraction of sp³-hybridized carbons (Fsp3) is 0.0400. The maximum absolute atomic E-state index is 2.39. The summed E-state index contributed by atoms with van der Waals surface area (Å²) in [5, 5.41) is 6.35. The van der Waals surface area contributed by atoms with Gasteiger partial charge in [-0.3, -0.25) is 0 Å². The Labute approximate surface area is 178 Å². The molecular weight excluding hydrogens is 424 g/mol. The molecule has 0 nitrogen and oxygen atoms in total.